The molecule has 3 nitrogen and oxygen atoms in total. The molecule has 0 amide bonds. The van der Waals surface area contributed by atoms with Crippen LogP contribution in [0, 0.1) is 0 Å². The Balaban J connectivity index is 1.14. The van der Waals surface area contributed by atoms with Crippen LogP contribution in [-0.4, -0.2) is 6.71 Å². The monoisotopic (exact) mass is 1110 g/mol. The largest absolute Gasteiger partial charge is 0.311 e. The lowest BCUT2D eigenvalue weighted by molar-refractivity contribution is 0.332. The lowest BCUT2D eigenvalue weighted by Gasteiger charge is -2.48. The Morgan fingerprint density at radius 2 is 0.867 bits per heavy atom. The van der Waals surface area contributed by atoms with E-state index in [0.717, 1.165) is 42.7 Å². The highest BCUT2D eigenvalue weighted by atomic mass is 32.1. The van der Waals surface area contributed by atoms with Gasteiger partial charge >= 0.3 is 0 Å². The highest BCUT2D eigenvalue weighted by Gasteiger charge is 2.49. The molecule has 83 heavy (non-hydrogen) atoms. The normalized spacial score (nSPS) is 19.0. The summed E-state index contributed by atoms with van der Waals surface area (Å²) < 4.78 is 2.79. The third-order valence-electron chi connectivity index (χ3n) is 21.2. The SMILES string of the molecule is CC(C)(C)c1ccc2c3c(sc2c1)B1c2cc4c(cc2N(c2ccc5c(c2)C(C)(C)CCC5(C)C)c2cc(N(c5ccccc5)c5ccc(-c6ccccc6)cc5)cc(c21)N3c1ccc2c(c1)C(C)(C)CCC2(C)C)C(C)(C)CCC4(C)C. The van der Waals surface area contributed by atoms with E-state index >= 15 is 0 Å². The van der Waals surface area contributed by atoms with Gasteiger partial charge in [-0.25, -0.2) is 0 Å². The van der Waals surface area contributed by atoms with Crippen LogP contribution >= 0.6 is 11.3 Å². The average Bonchev–Trinajstić information content (AvgIpc) is 2.65. The van der Waals surface area contributed by atoms with Crippen molar-refractivity contribution in [2.75, 3.05) is 14.7 Å². The smallest absolute Gasteiger partial charge is 0.264 e. The minimum atomic E-state index is -0.0236. The van der Waals surface area contributed by atoms with E-state index in [-0.39, 0.29) is 44.6 Å². The van der Waals surface area contributed by atoms with Gasteiger partial charge in [0.05, 0.1) is 11.4 Å². The number of rotatable bonds is 6. The molecule has 0 atom stereocenters. The zero-order valence-corrected chi connectivity index (χ0v) is 53.0. The second-order valence-electron chi connectivity index (χ2n) is 30.6. The van der Waals surface area contributed by atoms with Gasteiger partial charge in [0, 0.05) is 54.7 Å². The molecular formula is C78H84BN3S. The van der Waals surface area contributed by atoms with Crippen molar-refractivity contribution >= 4 is 95.0 Å². The lowest BCUT2D eigenvalue weighted by atomic mass is 9.35. The topological polar surface area (TPSA) is 9.72 Å². The van der Waals surface area contributed by atoms with E-state index in [1.54, 1.807) is 0 Å². The number of benzene rings is 8. The van der Waals surface area contributed by atoms with Gasteiger partial charge in [-0.05, 0) is 210 Å². The van der Waals surface area contributed by atoms with E-state index < -0.39 is 0 Å². The van der Waals surface area contributed by atoms with Gasteiger partial charge in [0.15, 0.2) is 0 Å². The van der Waals surface area contributed by atoms with Crippen molar-refractivity contribution in [2.45, 2.75) is 180 Å². The van der Waals surface area contributed by atoms with Gasteiger partial charge in [0.2, 0.25) is 0 Å². The van der Waals surface area contributed by atoms with Gasteiger partial charge in [0.1, 0.15) is 0 Å². The fourth-order valence-corrected chi connectivity index (χ4v) is 16.9. The first kappa shape index (κ1) is 54.1. The minimum absolute atomic E-state index is 0.00100. The molecular weight excluding hydrogens is 1020 g/mol. The second-order valence-corrected chi connectivity index (χ2v) is 31.7. The summed E-state index contributed by atoms with van der Waals surface area (Å²) in [6, 6.07) is 64.5. The molecule has 0 unspecified atom stereocenters. The van der Waals surface area contributed by atoms with Gasteiger partial charge in [-0.1, -0.05) is 195 Å². The van der Waals surface area contributed by atoms with E-state index in [9.17, 15) is 0 Å². The quantitative estimate of drug-likeness (QED) is 0.154. The number of nitrogens with zero attached hydrogens (tertiary/aromatic N) is 3. The fourth-order valence-electron chi connectivity index (χ4n) is 15.6. The molecule has 5 heteroatoms. The molecule has 5 aliphatic rings. The number of anilines is 9. The van der Waals surface area contributed by atoms with Crippen molar-refractivity contribution in [3.63, 3.8) is 0 Å². The van der Waals surface area contributed by atoms with Crippen LogP contribution in [0.2, 0.25) is 0 Å². The molecule has 3 heterocycles. The Kier molecular flexibility index (Phi) is 12.0. The summed E-state index contributed by atoms with van der Waals surface area (Å²) in [6.07, 6.45) is 6.97. The maximum atomic E-state index is 2.75. The van der Waals surface area contributed by atoms with Crippen LogP contribution < -0.4 is 30.4 Å². The summed E-state index contributed by atoms with van der Waals surface area (Å²) in [4.78, 5) is 8.02. The lowest BCUT2D eigenvalue weighted by Crippen LogP contribution is -2.61. The molecule has 1 aromatic heterocycles. The van der Waals surface area contributed by atoms with Crippen molar-refractivity contribution in [2.24, 2.45) is 0 Å². The summed E-state index contributed by atoms with van der Waals surface area (Å²) in [5.74, 6) is 0. The standard InChI is InChI=1S/C78H84BN3S/c1-72(2,3)51-28-33-57-68(42-51)83-71-70(57)82(55-32-35-59-61(44-55)76(10,11)39-37-74(59,6)7)67-46-56(80(52-24-20-17-21-25-52)53-29-26-50(27-30-53)49-22-18-16-19-23-49)45-66-69(67)79(71)64-47-62-63(78(14,15)41-40-77(62,12)13)48-65(64)81(66)54-31-34-58-60(43-54)75(8,9)38-36-73(58,4)5/h16-35,42-48H,36-41H2,1-15H3. The molecule has 9 aromatic rings. The van der Waals surface area contributed by atoms with Crippen LogP contribution in [0.5, 0.6) is 0 Å². The fraction of sp³-hybridized carbons (Fsp3) is 0.359. The molecule has 0 fully saturated rings. The minimum Gasteiger partial charge on any atom is -0.311 e. The first-order chi connectivity index (χ1) is 39.2. The van der Waals surface area contributed by atoms with Crippen LogP contribution in [0.3, 0.4) is 0 Å². The first-order valence-corrected chi connectivity index (χ1v) is 31.9. The molecule has 0 radical (unpaired) electrons. The summed E-state index contributed by atoms with van der Waals surface area (Å²) in [7, 11) is 0. The Labute approximate surface area is 500 Å². The third kappa shape index (κ3) is 8.54. The Morgan fingerprint density at radius 3 is 1.41 bits per heavy atom. The van der Waals surface area contributed by atoms with E-state index in [4.69, 9.17) is 0 Å². The highest BCUT2D eigenvalue weighted by Crippen LogP contribution is 2.56. The summed E-state index contributed by atoms with van der Waals surface area (Å²) >= 11 is 2.04. The van der Waals surface area contributed by atoms with Crippen LogP contribution in [0.4, 0.5) is 51.2 Å². The molecule has 0 bridgehead atoms. The average molecular weight is 1110 g/mol. The number of fused-ring (bicyclic) bond motifs is 9. The third-order valence-corrected chi connectivity index (χ3v) is 22.4. The van der Waals surface area contributed by atoms with Crippen molar-refractivity contribution in [1.29, 1.82) is 0 Å². The Morgan fingerprint density at radius 1 is 0.410 bits per heavy atom. The van der Waals surface area contributed by atoms with Crippen LogP contribution in [0.15, 0.2) is 164 Å². The first-order valence-electron chi connectivity index (χ1n) is 31.1. The second kappa shape index (κ2) is 18.3. The van der Waals surface area contributed by atoms with Crippen molar-refractivity contribution in [1.82, 2.24) is 0 Å². The number of hydrogen-bond acceptors (Lipinski definition) is 4. The summed E-state index contributed by atoms with van der Waals surface area (Å²) in [6.45, 7) is 36.9. The van der Waals surface area contributed by atoms with Crippen molar-refractivity contribution < 1.29 is 0 Å². The number of thiophene rings is 1. The van der Waals surface area contributed by atoms with Crippen LogP contribution in [0.25, 0.3) is 21.2 Å². The maximum absolute atomic E-state index is 2.75. The zero-order valence-electron chi connectivity index (χ0n) is 52.2. The number of para-hydroxylation sites is 1. The van der Waals surface area contributed by atoms with Gasteiger partial charge < -0.3 is 14.7 Å². The predicted octanol–water partition coefficient (Wildman–Crippen LogP) is 20.5. The molecule has 0 saturated heterocycles. The molecule has 14 rings (SSSR count). The molecule has 3 aliphatic carbocycles. The Bertz CT molecular complexity index is 4090. The summed E-state index contributed by atoms with van der Waals surface area (Å²) in [5.41, 5.74) is 26.7. The van der Waals surface area contributed by atoms with Crippen LogP contribution in [0.1, 0.15) is 181 Å². The summed E-state index contributed by atoms with van der Waals surface area (Å²) in [5, 5.41) is 1.33. The molecule has 8 aromatic carbocycles. The molecule has 420 valence electrons. The zero-order chi connectivity index (χ0) is 58.1. The Hall–Kier alpha value is -6.82. The number of hydrogen-bond donors (Lipinski definition) is 0. The van der Waals surface area contributed by atoms with E-state index in [0.29, 0.717) is 0 Å². The van der Waals surface area contributed by atoms with E-state index in [1.807, 2.05) is 11.3 Å². The van der Waals surface area contributed by atoms with Crippen molar-refractivity contribution in [3.8, 4) is 11.1 Å². The predicted molar refractivity (Wildman–Crippen MR) is 361 cm³/mol. The van der Waals surface area contributed by atoms with Crippen molar-refractivity contribution in [3.05, 3.63) is 203 Å². The molecule has 0 spiro atoms. The van der Waals surface area contributed by atoms with Crippen LogP contribution in [-0.2, 0) is 37.9 Å². The highest BCUT2D eigenvalue weighted by molar-refractivity contribution is 7.33. The maximum Gasteiger partial charge on any atom is 0.264 e. The molecule has 0 N–H and O–H groups in total. The van der Waals surface area contributed by atoms with E-state index in [1.165, 1.54) is 123 Å². The van der Waals surface area contributed by atoms with Gasteiger partial charge in [-0.15, -0.1) is 11.3 Å². The van der Waals surface area contributed by atoms with Gasteiger partial charge in [-0.3, -0.25) is 0 Å². The van der Waals surface area contributed by atoms with Gasteiger partial charge in [0.25, 0.3) is 6.71 Å². The van der Waals surface area contributed by atoms with E-state index in [2.05, 4.69) is 282 Å². The van der Waals surface area contributed by atoms with Gasteiger partial charge in [-0.2, -0.15) is 0 Å². The molecule has 2 aliphatic heterocycles. The molecule has 0 saturated carbocycles.